The Labute approximate surface area is 519 Å². The summed E-state index contributed by atoms with van der Waals surface area (Å²) in [6.07, 6.45) is 54.0. The van der Waals surface area contributed by atoms with Gasteiger partial charge in [-0.3, -0.25) is 4.79 Å². The Morgan fingerprint density at radius 3 is 1.15 bits per heavy atom. The zero-order chi connectivity index (χ0) is 61.6. The largest absolute Gasteiger partial charge is 0.394 e. The minimum absolute atomic E-state index is 0.243. The topological polar surface area (TPSA) is 228 Å². The molecule has 0 radical (unpaired) electrons. The van der Waals surface area contributed by atoms with E-state index in [1.807, 2.05) is 6.08 Å². The fourth-order valence-electron chi connectivity index (χ4n) is 12.1. The van der Waals surface area contributed by atoms with Crippen LogP contribution in [-0.2, 0) is 23.7 Å². The molecule has 2 aliphatic heterocycles. The third kappa shape index (κ3) is 40.8. The van der Waals surface area contributed by atoms with Crippen LogP contribution in [0.5, 0.6) is 0 Å². The molecule has 502 valence electrons. The SMILES string of the molecule is CCCCCCCCCCCCCCCCCCCCCCCCCCCCC/C=C/CC/C=C/C(O)C(COC1OC(CO)C(OC2OC(CO)C(O)C(O)C2O)C(O)C1O)NC(=O)CCCCCCCCCCCCCCCCCCCC. The van der Waals surface area contributed by atoms with Crippen LogP contribution in [-0.4, -0.2) is 140 Å². The lowest BCUT2D eigenvalue weighted by Gasteiger charge is -2.46. The second kappa shape index (κ2) is 56.5. The molecule has 9 N–H and O–H groups in total. The van der Waals surface area contributed by atoms with E-state index < -0.39 is 86.8 Å². The van der Waals surface area contributed by atoms with Crippen LogP contribution in [0.15, 0.2) is 24.3 Å². The smallest absolute Gasteiger partial charge is 0.220 e. The van der Waals surface area contributed by atoms with Crippen LogP contribution in [0.25, 0.3) is 0 Å². The van der Waals surface area contributed by atoms with E-state index in [4.69, 9.17) is 18.9 Å². The van der Waals surface area contributed by atoms with Gasteiger partial charge in [0, 0.05) is 6.42 Å². The van der Waals surface area contributed by atoms with E-state index in [1.165, 1.54) is 263 Å². The van der Waals surface area contributed by atoms with Crippen molar-refractivity contribution in [3.05, 3.63) is 24.3 Å². The Bertz CT molecular complexity index is 1520. The van der Waals surface area contributed by atoms with Crippen molar-refractivity contribution in [1.29, 1.82) is 0 Å². The summed E-state index contributed by atoms with van der Waals surface area (Å²) in [4.78, 5) is 13.3. The van der Waals surface area contributed by atoms with Gasteiger partial charge in [0.1, 0.15) is 48.8 Å². The summed E-state index contributed by atoms with van der Waals surface area (Å²) in [5, 5.41) is 87.4. The number of carbonyl (C=O) groups is 1. The van der Waals surface area contributed by atoms with Gasteiger partial charge in [-0.1, -0.05) is 314 Å². The Morgan fingerprint density at radius 1 is 0.412 bits per heavy atom. The van der Waals surface area contributed by atoms with E-state index >= 15 is 0 Å². The number of amides is 1. The third-order valence-corrected chi connectivity index (χ3v) is 17.9. The summed E-state index contributed by atoms with van der Waals surface area (Å²) < 4.78 is 22.8. The highest BCUT2D eigenvalue weighted by Crippen LogP contribution is 2.30. The molecule has 2 saturated heterocycles. The average molecular weight is 1210 g/mol. The average Bonchev–Trinajstić information content (AvgIpc) is 3.69. The fraction of sp³-hybridized carbons (Fsp3) is 0.930. The van der Waals surface area contributed by atoms with Crippen molar-refractivity contribution < 1.29 is 64.6 Å². The molecule has 14 heteroatoms. The minimum atomic E-state index is -1.79. The predicted molar refractivity (Wildman–Crippen MR) is 346 cm³/mol. The van der Waals surface area contributed by atoms with Gasteiger partial charge in [-0.25, -0.2) is 0 Å². The van der Waals surface area contributed by atoms with Crippen molar-refractivity contribution in [2.24, 2.45) is 0 Å². The van der Waals surface area contributed by atoms with Gasteiger partial charge in [-0.2, -0.15) is 0 Å². The van der Waals surface area contributed by atoms with Gasteiger partial charge in [0.25, 0.3) is 0 Å². The van der Waals surface area contributed by atoms with Gasteiger partial charge >= 0.3 is 0 Å². The number of hydrogen-bond acceptors (Lipinski definition) is 13. The van der Waals surface area contributed by atoms with E-state index in [9.17, 15) is 45.6 Å². The van der Waals surface area contributed by atoms with Crippen LogP contribution in [0.1, 0.15) is 328 Å². The molecule has 85 heavy (non-hydrogen) atoms. The molecular weight excluding hydrogens is 1070 g/mol. The maximum absolute atomic E-state index is 13.3. The number of allylic oxidation sites excluding steroid dienone is 3. The van der Waals surface area contributed by atoms with Crippen LogP contribution in [0.2, 0.25) is 0 Å². The molecule has 0 aromatic carbocycles. The molecule has 0 aliphatic carbocycles. The van der Waals surface area contributed by atoms with Gasteiger partial charge in [-0.05, 0) is 32.1 Å². The molecule has 2 rings (SSSR count). The lowest BCUT2D eigenvalue weighted by atomic mass is 9.97. The number of ether oxygens (including phenoxy) is 4. The second-order valence-corrected chi connectivity index (χ2v) is 25.7. The summed E-state index contributed by atoms with van der Waals surface area (Å²) in [5.74, 6) is -0.243. The number of unbranched alkanes of at least 4 members (excludes halogenated alkanes) is 45. The highest BCUT2D eigenvalue weighted by atomic mass is 16.7. The van der Waals surface area contributed by atoms with E-state index in [1.54, 1.807) is 6.08 Å². The normalized spacial score (nSPS) is 23.6. The number of aliphatic hydroxyl groups is 8. The molecule has 12 unspecified atom stereocenters. The van der Waals surface area contributed by atoms with Gasteiger partial charge in [0.2, 0.25) is 5.91 Å². The summed E-state index contributed by atoms with van der Waals surface area (Å²) in [6, 6.07) is -0.929. The number of aliphatic hydroxyl groups excluding tert-OH is 8. The van der Waals surface area contributed by atoms with E-state index in [-0.39, 0.29) is 18.9 Å². The number of carbonyl (C=O) groups excluding carboxylic acids is 1. The molecule has 2 heterocycles. The molecular formula is C71H135NO13. The highest BCUT2D eigenvalue weighted by Gasteiger charge is 2.51. The molecule has 0 aromatic rings. The van der Waals surface area contributed by atoms with Crippen molar-refractivity contribution in [2.75, 3.05) is 19.8 Å². The minimum Gasteiger partial charge on any atom is -0.394 e. The molecule has 2 fully saturated rings. The maximum Gasteiger partial charge on any atom is 0.220 e. The van der Waals surface area contributed by atoms with Crippen molar-refractivity contribution in [2.45, 2.75) is 402 Å². The first-order valence-electron chi connectivity index (χ1n) is 36.1. The summed E-state index contributed by atoms with van der Waals surface area (Å²) in [6.45, 7) is 2.83. The first-order chi connectivity index (χ1) is 41.6. The quantitative estimate of drug-likeness (QED) is 0.0204. The van der Waals surface area contributed by atoms with Crippen LogP contribution in [0.3, 0.4) is 0 Å². The van der Waals surface area contributed by atoms with Crippen molar-refractivity contribution in [3.63, 3.8) is 0 Å². The summed E-state index contributed by atoms with van der Waals surface area (Å²) in [5.41, 5.74) is 0. The van der Waals surface area contributed by atoms with Crippen LogP contribution in [0, 0.1) is 0 Å². The van der Waals surface area contributed by atoms with Gasteiger partial charge in [-0.15, -0.1) is 0 Å². The van der Waals surface area contributed by atoms with Gasteiger partial charge in [0.05, 0.1) is 32.0 Å². The molecule has 0 bridgehead atoms. The van der Waals surface area contributed by atoms with Gasteiger partial charge in [0.15, 0.2) is 12.6 Å². The van der Waals surface area contributed by atoms with Crippen LogP contribution < -0.4 is 5.32 Å². The highest BCUT2D eigenvalue weighted by molar-refractivity contribution is 5.76. The molecule has 0 spiro atoms. The zero-order valence-corrected chi connectivity index (χ0v) is 54.6. The van der Waals surface area contributed by atoms with Crippen LogP contribution >= 0.6 is 0 Å². The molecule has 2 aliphatic rings. The van der Waals surface area contributed by atoms with Crippen LogP contribution in [0.4, 0.5) is 0 Å². The molecule has 14 nitrogen and oxygen atoms in total. The fourth-order valence-corrected chi connectivity index (χ4v) is 12.1. The zero-order valence-electron chi connectivity index (χ0n) is 54.6. The predicted octanol–water partition coefficient (Wildman–Crippen LogP) is 14.7. The number of hydrogen-bond donors (Lipinski definition) is 9. The number of rotatable bonds is 60. The van der Waals surface area contributed by atoms with Crippen molar-refractivity contribution in [3.8, 4) is 0 Å². The lowest BCUT2D eigenvalue weighted by molar-refractivity contribution is -0.359. The summed E-state index contributed by atoms with van der Waals surface area (Å²) >= 11 is 0. The van der Waals surface area contributed by atoms with Crippen molar-refractivity contribution in [1.82, 2.24) is 5.32 Å². The maximum atomic E-state index is 13.3. The van der Waals surface area contributed by atoms with Crippen molar-refractivity contribution >= 4 is 5.91 Å². The molecule has 1 amide bonds. The Hall–Kier alpha value is -1.53. The van der Waals surface area contributed by atoms with E-state index in [0.29, 0.717) is 12.8 Å². The Kier molecular flexibility index (Phi) is 52.8. The molecule has 12 atom stereocenters. The third-order valence-electron chi connectivity index (χ3n) is 17.9. The van der Waals surface area contributed by atoms with E-state index in [2.05, 4.69) is 31.3 Å². The Balaban J connectivity index is 1.65. The monoisotopic (exact) mass is 1210 g/mol. The van der Waals surface area contributed by atoms with E-state index in [0.717, 1.165) is 32.1 Å². The number of nitrogens with one attached hydrogen (secondary N) is 1. The second-order valence-electron chi connectivity index (χ2n) is 25.7. The molecule has 0 saturated carbocycles. The first-order valence-corrected chi connectivity index (χ1v) is 36.1. The first kappa shape index (κ1) is 79.6. The lowest BCUT2D eigenvalue weighted by Crippen LogP contribution is -2.65. The summed E-state index contributed by atoms with van der Waals surface area (Å²) in [7, 11) is 0. The standard InChI is InChI=1S/C71H135NO13/c1-3-5-7-9-11-13-15-17-19-21-23-24-25-26-27-28-29-30-31-32-33-34-35-36-37-38-40-42-44-46-48-50-52-54-60(75)59(72-63(76)55-53-51-49-47-45-43-41-39-22-20-18-16-14-12-10-8-6-4-2)58-82-70-68(81)66(79)69(62(57-74)84-70)85-71-67(80)65(78)64(77)61(56-73)83-71/h44,46,52,54,59-62,64-71,73-75,77-81H,3-43,45,47-51,53,55-58H2,1-2H3,(H,72,76)/b46-44+,54-52+. The Morgan fingerprint density at radius 2 is 0.753 bits per heavy atom. The molecule has 0 aromatic heterocycles. The van der Waals surface area contributed by atoms with Gasteiger partial charge < -0.3 is 65.1 Å².